The van der Waals surface area contributed by atoms with Gasteiger partial charge in [0.2, 0.25) is 11.9 Å². The average molecular weight is 978 g/mol. The fraction of sp³-hybridized carbons (Fsp3) is 0.556. The number of nitrogens with one attached hydrogen (secondary N) is 2. The summed E-state index contributed by atoms with van der Waals surface area (Å²) in [6.45, 7) is 13.2. The molecule has 9 rings (SSSR count). The number of unbranched alkanes of at least 4 members (excludes halogenated alkanes) is 5. The number of piperazine rings is 1. The maximum atomic E-state index is 13.9. The van der Waals surface area contributed by atoms with Crippen molar-refractivity contribution in [2.24, 2.45) is 11.8 Å². The van der Waals surface area contributed by atoms with E-state index in [1.165, 1.54) is 44.2 Å². The number of amides is 2. The average Bonchev–Trinajstić information content (AvgIpc) is 4.10. The van der Waals surface area contributed by atoms with Gasteiger partial charge in [-0.1, -0.05) is 51.7 Å². The number of hydrogen-bond donors (Lipinski definition) is 3. The van der Waals surface area contributed by atoms with Gasteiger partial charge < -0.3 is 29.8 Å². The Morgan fingerprint density at radius 1 is 0.929 bits per heavy atom. The molecule has 1 aromatic heterocycles. The Morgan fingerprint density at radius 2 is 1.66 bits per heavy atom. The first-order valence-corrected chi connectivity index (χ1v) is 26.8. The zero-order valence-corrected chi connectivity index (χ0v) is 42.6. The van der Waals surface area contributed by atoms with E-state index in [1.807, 2.05) is 47.5 Å². The predicted molar refractivity (Wildman–Crippen MR) is 277 cm³/mol. The summed E-state index contributed by atoms with van der Waals surface area (Å²) in [7, 11) is 1.50. The number of aliphatic hydroxyl groups is 1. The van der Waals surface area contributed by atoms with E-state index in [9.17, 15) is 23.4 Å². The molecule has 3 atom stereocenters. The molecule has 3 fully saturated rings. The molecule has 2 amide bonds. The predicted octanol–water partition coefficient (Wildman–Crippen LogP) is 7.31. The second kappa shape index (κ2) is 25.3. The van der Waals surface area contributed by atoms with Gasteiger partial charge >= 0.3 is 0 Å². The molecule has 4 aliphatic heterocycles. The molecule has 2 aliphatic carbocycles. The smallest absolute Gasteiger partial charge is 0.268 e. The quantitative estimate of drug-likeness (QED) is 0.0761. The normalized spacial score (nSPS) is 20.4. The zero-order chi connectivity index (χ0) is 49.6. The highest BCUT2D eigenvalue weighted by Crippen LogP contribution is 2.57. The lowest BCUT2D eigenvalue weighted by Gasteiger charge is -2.41. The molecule has 0 radical (unpaired) electrons. The van der Waals surface area contributed by atoms with Crippen molar-refractivity contribution in [3.05, 3.63) is 88.5 Å². The Kier molecular flexibility index (Phi) is 19.1. The van der Waals surface area contributed by atoms with Gasteiger partial charge in [-0.25, -0.2) is 14.6 Å². The summed E-state index contributed by atoms with van der Waals surface area (Å²) in [6.07, 6.45) is 22.8. The van der Waals surface area contributed by atoms with Gasteiger partial charge in [0.05, 0.1) is 22.8 Å². The second-order valence-corrected chi connectivity index (χ2v) is 21.0. The van der Waals surface area contributed by atoms with E-state index < -0.39 is 16.2 Å². The third kappa shape index (κ3) is 12.7. The third-order valence-electron chi connectivity index (χ3n) is 14.7. The van der Waals surface area contributed by atoms with Gasteiger partial charge in [0.1, 0.15) is 18.4 Å². The number of rotatable bonds is 20. The monoisotopic (exact) mass is 978 g/mol. The first-order chi connectivity index (χ1) is 34.1. The van der Waals surface area contributed by atoms with Gasteiger partial charge in [-0.3, -0.25) is 24.4 Å². The molecule has 2 saturated heterocycles. The summed E-state index contributed by atoms with van der Waals surface area (Å²) in [5.74, 6) is 2.58. The van der Waals surface area contributed by atoms with Crippen molar-refractivity contribution >= 4 is 58.3 Å². The molecular weight excluding hydrogens is 903 g/mol. The van der Waals surface area contributed by atoms with E-state index in [2.05, 4.69) is 68.6 Å². The molecule has 3 N–H and O–H groups in total. The summed E-state index contributed by atoms with van der Waals surface area (Å²) < 4.78 is 13.9. The number of hydrazine groups is 1. The molecule has 70 heavy (non-hydrogen) atoms. The lowest BCUT2D eigenvalue weighted by atomic mass is 9.95. The van der Waals surface area contributed by atoms with E-state index >= 15 is 0 Å². The molecule has 3 unspecified atom stereocenters. The number of anilines is 4. The first-order valence-electron chi connectivity index (χ1n) is 25.7. The molecule has 1 spiro atoms. The molecule has 3 aromatic rings. The van der Waals surface area contributed by atoms with Crippen molar-refractivity contribution < 1.29 is 28.5 Å². The van der Waals surface area contributed by atoms with Gasteiger partial charge in [-0.2, -0.15) is 4.98 Å². The highest BCUT2D eigenvalue weighted by atomic mass is 32.2. The highest BCUT2D eigenvalue weighted by molar-refractivity contribution is 7.89. The Morgan fingerprint density at radius 3 is 2.33 bits per heavy atom. The topological polar surface area (TPSA) is 172 Å². The first kappa shape index (κ1) is 52.7. The number of piperidine rings is 1. The van der Waals surface area contributed by atoms with Crippen molar-refractivity contribution in [1.82, 2.24) is 30.2 Å². The summed E-state index contributed by atoms with van der Waals surface area (Å²) in [5.41, 5.74) is 7.52. The van der Waals surface area contributed by atoms with Crippen molar-refractivity contribution in [1.29, 1.82) is 0 Å². The second-order valence-electron chi connectivity index (χ2n) is 19.6. The van der Waals surface area contributed by atoms with Gasteiger partial charge in [-0.05, 0) is 111 Å². The molecule has 378 valence electrons. The van der Waals surface area contributed by atoms with Crippen molar-refractivity contribution in [3.8, 4) is 0 Å². The van der Waals surface area contributed by atoms with Crippen LogP contribution in [-0.2, 0) is 37.1 Å². The number of aliphatic hydroxyl groups excluding tert-OH is 1. The largest absolute Gasteiger partial charge is 0.400 e. The van der Waals surface area contributed by atoms with Crippen LogP contribution < -0.4 is 20.5 Å². The number of benzene rings is 2. The number of allylic oxidation sites excluding steroid dienone is 1. The minimum Gasteiger partial charge on any atom is -0.400 e. The van der Waals surface area contributed by atoms with Crippen LogP contribution in [0, 0.1) is 11.8 Å². The van der Waals surface area contributed by atoms with E-state index in [0.717, 1.165) is 129 Å². The van der Waals surface area contributed by atoms with Gasteiger partial charge in [0.15, 0.2) is 0 Å². The van der Waals surface area contributed by atoms with Crippen LogP contribution in [0.1, 0.15) is 119 Å². The molecule has 6 aliphatic rings. The van der Waals surface area contributed by atoms with Crippen LogP contribution in [0.3, 0.4) is 0 Å². The summed E-state index contributed by atoms with van der Waals surface area (Å²) in [6, 6.07) is 14.3. The lowest BCUT2D eigenvalue weighted by Crippen LogP contribution is -2.51. The molecule has 2 aromatic carbocycles. The Hall–Kier alpha value is -5.13. The van der Waals surface area contributed by atoms with Crippen molar-refractivity contribution in [2.75, 3.05) is 81.6 Å². The Labute approximate surface area is 417 Å². The fourth-order valence-corrected chi connectivity index (χ4v) is 11.6. The highest BCUT2D eigenvalue weighted by Gasteiger charge is 2.60. The number of aromatic nitrogens is 2. The van der Waals surface area contributed by atoms with Crippen LogP contribution in [0.4, 0.5) is 23.1 Å². The summed E-state index contributed by atoms with van der Waals surface area (Å²) in [5, 5.41) is 12.0. The van der Waals surface area contributed by atoms with Gasteiger partial charge in [-0.15, -0.1) is 0 Å². The maximum Gasteiger partial charge on any atom is 0.268 e. The molecule has 1 saturated carbocycles. The molecule has 16 heteroatoms. The number of fused-ring (bicyclic) bond motifs is 3. The fourth-order valence-electron chi connectivity index (χ4n) is 10.5. The number of hydrogen-bond acceptors (Lipinski definition) is 13. The summed E-state index contributed by atoms with van der Waals surface area (Å²) in [4.78, 5) is 66.0. The number of aldehydes is 2. The zero-order valence-electron chi connectivity index (χ0n) is 41.8. The number of carbonyl (C=O) groups is 4. The standard InChI is InChI=1S/C48H63N9O3S.C5H8O2.CH4O/c1-4-5-6-7-9-34(2)31-56-44-43(48(20-21-48)46(56)59)30-50-47(52-44)51-37-12-15-40(16-13-37)61(60)41-11-8-10-38(29-41)55-26-24-53(25-27-55)32-35-18-22-54(23-19-35)39-14-17-42-36(28-39)33-57(49-3)45(42)58;6-4-2-1-3-5-7;1-2/h8,11-17,28-30,34-35,38,49H,4-7,9-10,18-27,31-33H2,1-3H3,(H,50,51,52);4-5H,1-3H2;2H,1H3. The van der Waals surface area contributed by atoms with E-state index in [1.54, 1.807) is 12.1 Å². The Bertz CT molecular complexity index is 2330. The van der Waals surface area contributed by atoms with Crippen LogP contribution in [0.25, 0.3) is 0 Å². The van der Waals surface area contributed by atoms with Crippen molar-refractivity contribution in [3.63, 3.8) is 0 Å². The van der Waals surface area contributed by atoms with Crippen molar-refractivity contribution in [2.45, 2.75) is 120 Å². The van der Waals surface area contributed by atoms with E-state index in [4.69, 9.17) is 10.1 Å². The lowest BCUT2D eigenvalue weighted by molar-refractivity contribution is -0.120. The number of nitrogens with zero attached hydrogens (tertiary/aromatic N) is 7. The van der Waals surface area contributed by atoms with Gasteiger partial charge in [0, 0.05) is 124 Å². The third-order valence-corrected chi connectivity index (χ3v) is 16.1. The minimum absolute atomic E-state index is 0.0554. The van der Waals surface area contributed by atoms with E-state index in [0.29, 0.717) is 50.1 Å². The Balaban J connectivity index is 0.000000739. The molecule has 15 nitrogen and oxygen atoms in total. The summed E-state index contributed by atoms with van der Waals surface area (Å²) >= 11 is 0. The van der Waals surface area contributed by atoms with Crippen LogP contribution >= 0.6 is 0 Å². The molecule has 0 bridgehead atoms. The van der Waals surface area contributed by atoms with Gasteiger partial charge in [0.25, 0.3) is 5.91 Å². The molecule has 5 heterocycles. The van der Waals surface area contributed by atoms with Crippen LogP contribution in [0.15, 0.2) is 76.7 Å². The number of carbonyl (C=O) groups excluding carboxylic acids is 4. The van der Waals surface area contributed by atoms with E-state index in [-0.39, 0.29) is 17.9 Å². The van der Waals surface area contributed by atoms with Crippen LogP contribution in [-0.4, -0.2) is 131 Å². The molecular formula is C54H75N9O6S. The maximum absolute atomic E-state index is 13.9. The minimum atomic E-state index is -1.29. The van der Waals surface area contributed by atoms with Crippen LogP contribution in [0.2, 0.25) is 0 Å². The van der Waals surface area contributed by atoms with Crippen LogP contribution in [0.5, 0.6) is 0 Å². The SMILES string of the molecule is CCCCCCC(C)CN1C(=O)C2(CC2)c2cnc(Nc3ccc(S(=O)C4=CC(N5CCN(CC6CCN(c7ccc8c(c7)CN(NC)C8=O)CC6)CC5)CC=C4)cc3)nc21.CO.O=CCCCC=O.